The Kier molecular flexibility index (Phi) is 7.53. The molecule has 8 nitrogen and oxygen atoms in total. The Balaban J connectivity index is 1.47. The maximum atomic E-state index is 13.0. The van der Waals surface area contributed by atoms with Crippen molar-refractivity contribution in [2.75, 3.05) is 18.6 Å². The van der Waals surface area contributed by atoms with Crippen LogP contribution in [-0.2, 0) is 21.4 Å². The second kappa shape index (κ2) is 10.6. The van der Waals surface area contributed by atoms with Crippen LogP contribution >= 0.6 is 0 Å². The molecule has 34 heavy (non-hydrogen) atoms. The molecule has 0 bridgehead atoms. The number of methoxy groups -OCH3 is 1. The molecular weight excluding hydrogens is 454 g/mol. The molecule has 1 saturated carbocycles. The summed E-state index contributed by atoms with van der Waals surface area (Å²) in [7, 11) is -2.42. The van der Waals surface area contributed by atoms with Gasteiger partial charge < -0.3 is 15.0 Å². The molecule has 182 valence electrons. The van der Waals surface area contributed by atoms with Crippen molar-refractivity contribution < 1.29 is 22.7 Å². The van der Waals surface area contributed by atoms with Crippen molar-refractivity contribution in [3.05, 3.63) is 53.6 Å². The van der Waals surface area contributed by atoms with Crippen molar-refractivity contribution >= 4 is 27.5 Å². The molecule has 4 rings (SSSR count). The highest BCUT2D eigenvalue weighted by Crippen LogP contribution is 2.27. The highest BCUT2D eigenvalue weighted by atomic mass is 32.2. The number of sulfonamides is 1. The average Bonchev–Trinajstić information content (AvgIpc) is 3.35. The Morgan fingerprint density at radius 1 is 1.09 bits per heavy atom. The Morgan fingerprint density at radius 3 is 2.62 bits per heavy atom. The van der Waals surface area contributed by atoms with Gasteiger partial charge in [0.1, 0.15) is 10.6 Å². The average molecular weight is 486 g/mol. The van der Waals surface area contributed by atoms with E-state index >= 15 is 0 Å². The fraction of sp³-hybridized carbons (Fsp3) is 0.440. The number of nitrogens with one attached hydrogen (secondary N) is 2. The number of hydrogen-bond donors (Lipinski definition) is 2. The van der Waals surface area contributed by atoms with E-state index in [0.717, 1.165) is 49.8 Å². The van der Waals surface area contributed by atoms with Gasteiger partial charge in [-0.15, -0.1) is 0 Å². The first-order valence-corrected chi connectivity index (χ1v) is 13.2. The Morgan fingerprint density at radius 2 is 1.88 bits per heavy atom. The summed E-state index contributed by atoms with van der Waals surface area (Å²) >= 11 is 0. The standard InChI is InChI=1S/C25H31N3O5S/c1-33-22-13-12-19(16-23(22)34(31,32)27-20-8-2-3-9-20)25(30)26-17-18-7-6-10-21(15-18)28-14-5-4-11-24(28)29/h6-7,10,12-13,15-16,20,27H,2-5,8-9,11,14,17H2,1H3,(H,26,30). The minimum absolute atomic E-state index is 0.0415. The van der Waals surface area contributed by atoms with E-state index in [2.05, 4.69) is 10.0 Å². The Hall–Kier alpha value is -2.91. The first-order chi connectivity index (χ1) is 16.4. The SMILES string of the molecule is COc1ccc(C(=O)NCc2cccc(N3CCCCC3=O)c2)cc1S(=O)(=O)NC1CCCC1. The van der Waals surface area contributed by atoms with Gasteiger partial charge >= 0.3 is 0 Å². The van der Waals surface area contributed by atoms with Crippen molar-refractivity contribution in [1.29, 1.82) is 0 Å². The fourth-order valence-corrected chi connectivity index (χ4v) is 6.05. The monoisotopic (exact) mass is 485 g/mol. The van der Waals surface area contributed by atoms with Crippen molar-refractivity contribution in [1.82, 2.24) is 10.0 Å². The first-order valence-electron chi connectivity index (χ1n) is 11.8. The molecule has 2 fully saturated rings. The zero-order valence-corrected chi connectivity index (χ0v) is 20.2. The number of amides is 2. The highest BCUT2D eigenvalue weighted by Gasteiger charge is 2.27. The van der Waals surface area contributed by atoms with Crippen LogP contribution in [0.4, 0.5) is 5.69 Å². The molecule has 2 aliphatic rings. The third-order valence-corrected chi connectivity index (χ3v) is 7.93. The lowest BCUT2D eigenvalue weighted by Crippen LogP contribution is -2.35. The number of rotatable bonds is 8. The van der Waals surface area contributed by atoms with Crippen molar-refractivity contribution in [2.45, 2.75) is 62.4 Å². The molecule has 0 atom stereocenters. The molecule has 2 aromatic rings. The second-order valence-corrected chi connectivity index (χ2v) is 10.5. The summed E-state index contributed by atoms with van der Waals surface area (Å²) in [6.07, 6.45) is 6.07. The molecule has 2 aromatic carbocycles. The molecule has 0 spiro atoms. The molecule has 0 radical (unpaired) electrons. The van der Waals surface area contributed by atoms with Gasteiger partial charge in [-0.2, -0.15) is 0 Å². The van der Waals surface area contributed by atoms with E-state index in [-0.39, 0.29) is 40.6 Å². The number of benzene rings is 2. The number of hydrogen-bond acceptors (Lipinski definition) is 5. The van der Waals surface area contributed by atoms with Gasteiger partial charge in [-0.1, -0.05) is 25.0 Å². The summed E-state index contributed by atoms with van der Waals surface area (Å²) in [6, 6.07) is 11.9. The van der Waals surface area contributed by atoms with Crippen molar-refractivity contribution in [3.63, 3.8) is 0 Å². The van der Waals surface area contributed by atoms with Gasteiger partial charge in [0.2, 0.25) is 15.9 Å². The summed E-state index contributed by atoms with van der Waals surface area (Å²) in [5, 5.41) is 2.85. The third kappa shape index (κ3) is 5.59. The van der Waals surface area contributed by atoms with Gasteiger partial charge in [0.25, 0.3) is 5.91 Å². The predicted octanol–water partition coefficient (Wildman–Crippen LogP) is 3.36. The maximum Gasteiger partial charge on any atom is 0.251 e. The Labute approximate surface area is 200 Å². The second-order valence-electron chi connectivity index (χ2n) is 8.82. The van der Waals surface area contributed by atoms with Crippen LogP contribution in [0.2, 0.25) is 0 Å². The molecule has 2 N–H and O–H groups in total. The minimum atomic E-state index is -3.83. The van der Waals surface area contributed by atoms with E-state index in [0.29, 0.717) is 13.0 Å². The van der Waals surface area contributed by atoms with Crippen LogP contribution in [0.15, 0.2) is 47.4 Å². The molecule has 1 heterocycles. The summed E-state index contributed by atoms with van der Waals surface area (Å²) in [5.74, 6) is -0.0778. The first kappa shape index (κ1) is 24.2. The predicted molar refractivity (Wildman–Crippen MR) is 129 cm³/mol. The van der Waals surface area contributed by atoms with Crippen LogP contribution in [-0.4, -0.2) is 39.9 Å². The fourth-order valence-electron chi connectivity index (χ4n) is 4.55. The van der Waals surface area contributed by atoms with E-state index in [4.69, 9.17) is 4.74 Å². The van der Waals surface area contributed by atoms with Crippen LogP contribution in [0.25, 0.3) is 0 Å². The van der Waals surface area contributed by atoms with Gasteiger partial charge in [-0.3, -0.25) is 9.59 Å². The van der Waals surface area contributed by atoms with Crippen LogP contribution in [0, 0.1) is 0 Å². The quantitative estimate of drug-likeness (QED) is 0.597. The van der Waals surface area contributed by atoms with E-state index in [1.165, 1.54) is 19.2 Å². The summed E-state index contributed by atoms with van der Waals surface area (Å²) in [4.78, 5) is 26.8. The molecular formula is C25H31N3O5S. The van der Waals surface area contributed by atoms with Crippen LogP contribution < -0.4 is 19.7 Å². The Bertz CT molecular complexity index is 1160. The van der Waals surface area contributed by atoms with Gasteiger partial charge in [0.15, 0.2) is 0 Å². The number of nitrogens with zero attached hydrogens (tertiary/aromatic N) is 1. The minimum Gasteiger partial charge on any atom is -0.495 e. The maximum absolute atomic E-state index is 13.0. The number of carbonyl (C=O) groups is 2. The number of ether oxygens (including phenoxy) is 1. The molecule has 0 unspecified atom stereocenters. The van der Waals surface area contributed by atoms with Crippen LogP contribution in [0.3, 0.4) is 0 Å². The van der Waals surface area contributed by atoms with E-state index < -0.39 is 10.0 Å². The smallest absolute Gasteiger partial charge is 0.251 e. The molecule has 0 aromatic heterocycles. The number of carbonyl (C=O) groups excluding carboxylic acids is 2. The lowest BCUT2D eigenvalue weighted by molar-refractivity contribution is -0.119. The lowest BCUT2D eigenvalue weighted by atomic mass is 10.1. The largest absolute Gasteiger partial charge is 0.495 e. The molecule has 2 amide bonds. The normalized spacial score (nSPS) is 17.1. The van der Waals surface area contributed by atoms with Gasteiger partial charge in [-0.05, 0) is 61.6 Å². The summed E-state index contributed by atoms with van der Waals surface area (Å²) in [5.41, 5.74) is 1.91. The summed E-state index contributed by atoms with van der Waals surface area (Å²) in [6.45, 7) is 0.954. The number of piperidine rings is 1. The zero-order chi connectivity index (χ0) is 24.1. The van der Waals surface area contributed by atoms with Crippen LogP contribution in [0.1, 0.15) is 60.9 Å². The lowest BCUT2D eigenvalue weighted by Gasteiger charge is -2.27. The number of anilines is 1. The van der Waals surface area contributed by atoms with Crippen molar-refractivity contribution in [3.8, 4) is 5.75 Å². The summed E-state index contributed by atoms with van der Waals surface area (Å²) < 4.78 is 34.0. The van der Waals surface area contributed by atoms with E-state index in [1.54, 1.807) is 11.0 Å². The highest BCUT2D eigenvalue weighted by molar-refractivity contribution is 7.89. The van der Waals surface area contributed by atoms with Gasteiger partial charge in [0, 0.05) is 36.8 Å². The van der Waals surface area contributed by atoms with E-state index in [1.807, 2.05) is 24.3 Å². The zero-order valence-electron chi connectivity index (χ0n) is 19.4. The molecule has 9 heteroatoms. The molecule has 1 aliphatic carbocycles. The van der Waals surface area contributed by atoms with E-state index in [9.17, 15) is 18.0 Å². The third-order valence-electron chi connectivity index (χ3n) is 6.39. The van der Waals surface area contributed by atoms with Gasteiger partial charge in [0.05, 0.1) is 7.11 Å². The van der Waals surface area contributed by atoms with Gasteiger partial charge in [-0.25, -0.2) is 13.1 Å². The topological polar surface area (TPSA) is 105 Å². The van der Waals surface area contributed by atoms with Crippen molar-refractivity contribution in [2.24, 2.45) is 0 Å². The van der Waals surface area contributed by atoms with Crippen LogP contribution in [0.5, 0.6) is 5.75 Å². The molecule has 1 saturated heterocycles. The molecule has 1 aliphatic heterocycles.